The fraction of sp³-hybridized carbons (Fsp3) is 0.684. The first kappa shape index (κ1) is 17.3. The Hall–Kier alpha value is -1.11. The Labute approximate surface area is 150 Å². The molecule has 0 atom stereocenters. The first-order valence-corrected chi connectivity index (χ1v) is 10.9. The molecule has 1 saturated carbocycles. The first-order valence-electron chi connectivity index (χ1n) is 9.34. The SMILES string of the molecule is CCOC1CC2(CCN(S(=O)(=O)CCc3ccc4c(c3)CCO4)C2)C1. The molecular weight excluding hydrogens is 338 g/mol. The standard InChI is InChI=1S/C19H27NO4S/c1-2-23-17-12-19(13-17)7-8-20(14-19)25(21,22)10-6-15-3-4-18-16(11-15)5-9-24-18/h3-4,11,17H,2,5-10,12-14H2,1H3. The van der Waals surface area contributed by atoms with E-state index in [9.17, 15) is 8.42 Å². The van der Waals surface area contributed by atoms with Gasteiger partial charge in [0.2, 0.25) is 10.0 Å². The fourth-order valence-electron chi connectivity index (χ4n) is 4.50. The number of hydrogen-bond acceptors (Lipinski definition) is 4. The maximum atomic E-state index is 12.7. The topological polar surface area (TPSA) is 55.8 Å². The van der Waals surface area contributed by atoms with Crippen LogP contribution in [0.2, 0.25) is 0 Å². The van der Waals surface area contributed by atoms with Crippen molar-refractivity contribution in [2.75, 3.05) is 32.1 Å². The maximum Gasteiger partial charge on any atom is 0.214 e. The van der Waals surface area contributed by atoms with E-state index >= 15 is 0 Å². The second-order valence-corrected chi connectivity index (χ2v) is 9.76. The van der Waals surface area contributed by atoms with Gasteiger partial charge in [0.05, 0.1) is 18.5 Å². The second kappa shape index (κ2) is 6.56. The molecule has 1 aliphatic carbocycles. The highest BCUT2D eigenvalue weighted by Crippen LogP contribution is 2.50. The van der Waals surface area contributed by atoms with Crippen molar-refractivity contribution in [1.29, 1.82) is 0 Å². The summed E-state index contributed by atoms with van der Waals surface area (Å²) in [6.45, 7) is 4.84. The number of sulfonamides is 1. The summed E-state index contributed by atoms with van der Waals surface area (Å²) in [5.74, 6) is 1.14. The average Bonchev–Trinajstić information content (AvgIpc) is 3.19. The third-order valence-electron chi connectivity index (χ3n) is 5.92. The molecular formula is C19H27NO4S. The van der Waals surface area contributed by atoms with Crippen LogP contribution in [0.1, 0.15) is 37.3 Å². The molecule has 5 nitrogen and oxygen atoms in total. The molecule has 0 N–H and O–H groups in total. The van der Waals surface area contributed by atoms with Gasteiger partial charge in [0, 0.05) is 26.1 Å². The summed E-state index contributed by atoms with van der Waals surface area (Å²) in [7, 11) is -3.19. The molecule has 4 rings (SSSR count). The second-order valence-electron chi connectivity index (χ2n) is 7.68. The minimum Gasteiger partial charge on any atom is -0.493 e. The number of aryl methyl sites for hydroxylation is 1. The number of hydrogen-bond donors (Lipinski definition) is 0. The van der Waals surface area contributed by atoms with Crippen molar-refractivity contribution < 1.29 is 17.9 Å². The Morgan fingerprint density at radius 2 is 2.20 bits per heavy atom. The van der Waals surface area contributed by atoms with Crippen molar-refractivity contribution in [3.8, 4) is 5.75 Å². The molecule has 1 spiro atoms. The smallest absolute Gasteiger partial charge is 0.214 e. The highest BCUT2D eigenvalue weighted by atomic mass is 32.2. The van der Waals surface area contributed by atoms with E-state index in [0.29, 0.717) is 25.6 Å². The molecule has 0 amide bonds. The molecule has 2 fully saturated rings. The number of ether oxygens (including phenoxy) is 2. The number of nitrogens with zero attached hydrogens (tertiary/aromatic N) is 1. The summed E-state index contributed by atoms with van der Waals surface area (Å²) in [4.78, 5) is 0. The number of benzene rings is 1. The summed E-state index contributed by atoms with van der Waals surface area (Å²) in [6, 6.07) is 6.06. The zero-order valence-electron chi connectivity index (χ0n) is 14.9. The molecule has 138 valence electrons. The minimum atomic E-state index is -3.19. The van der Waals surface area contributed by atoms with Gasteiger partial charge in [-0.05, 0) is 55.2 Å². The van der Waals surface area contributed by atoms with E-state index < -0.39 is 10.0 Å². The minimum absolute atomic E-state index is 0.178. The van der Waals surface area contributed by atoms with Gasteiger partial charge in [-0.1, -0.05) is 12.1 Å². The largest absolute Gasteiger partial charge is 0.493 e. The van der Waals surface area contributed by atoms with Crippen LogP contribution in [-0.2, 0) is 27.6 Å². The van der Waals surface area contributed by atoms with Crippen LogP contribution in [0.5, 0.6) is 5.75 Å². The predicted molar refractivity (Wildman–Crippen MR) is 96.4 cm³/mol. The van der Waals surface area contributed by atoms with Crippen molar-refractivity contribution in [1.82, 2.24) is 4.31 Å². The van der Waals surface area contributed by atoms with Crippen LogP contribution < -0.4 is 4.74 Å². The van der Waals surface area contributed by atoms with Gasteiger partial charge in [-0.3, -0.25) is 0 Å². The molecule has 2 aliphatic heterocycles. The lowest BCUT2D eigenvalue weighted by molar-refractivity contribution is -0.0696. The Bertz CT molecular complexity index is 740. The van der Waals surface area contributed by atoms with E-state index in [4.69, 9.17) is 9.47 Å². The third-order valence-corrected chi connectivity index (χ3v) is 7.74. The molecule has 1 saturated heterocycles. The van der Waals surface area contributed by atoms with Crippen LogP contribution in [-0.4, -0.2) is 50.9 Å². The normalized spacial score (nSPS) is 28.8. The molecule has 1 aromatic carbocycles. The quantitative estimate of drug-likeness (QED) is 0.777. The lowest BCUT2D eigenvalue weighted by atomic mass is 9.66. The molecule has 6 heteroatoms. The monoisotopic (exact) mass is 365 g/mol. The first-order chi connectivity index (χ1) is 12.0. The van der Waals surface area contributed by atoms with Crippen molar-refractivity contribution in [2.45, 2.75) is 45.1 Å². The summed E-state index contributed by atoms with van der Waals surface area (Å²) in [5.41, 5.74) is 2.46. The van der Waals surface area contributed by atoms with E-state index in [1.807, 2.05) is 19.1 Å². The summed E-state index contributed by atoms with van der Waals surface area (Å²) in [6.07, 6.45) is 4.83. The predicted octanol–water partition coefficient (Wildman–Crippen LogP) is 2.38. The molecule has 0 aromatic heterocycles. The van der Waals surface area contributed by atoms with Crippen LogP contribution >= 0.6 is 0 Å². The van der Waals surface area contributed by atoms with Crippen molar-refractivity contribution in [3.05, 3.63) is 29.3 Å². The summed E-state index contributed by atoms with van der Waals surface area (Å²) < 4.78 is 38.4. The molecule has 0 bridgehead atoms. The van der Waals surface area contributed by atoms with Gasteiger partial charge < -0.3 is 9.47 Å². The maximum absolute atomic E-state index is 12.7. The molecule has 0 radical (unpaired) electrons. The lowest BCUT2D eigenvalue weighted by Crippen LogP contribution is -2.45. The zero-order valence-corrected chi connectivity index (χ0v) is 15.7. The highest BCUT2D eigenvalue weighted by molar-refractivity contribution is 7.89. The van der Waals surface area contributed by atoms with E-state index in [1.165, 1.54) is 5.56 Å². The zero-order chi connectivity index (χ0) is 17.5. The van der Waals surface area contributed by atoms with Gasteiger partial charge in [-0.25, -0.2) is 12.7 Å². The fourth-order valence-corrected chi connectivity index (χ4v) is 6.09. The van der Waals surface area contributed by atoms with Gasteiger partial charge in [-0.15, -0.1) is 0 Å². The van der Waals surface area contributed by atoms with Crippen LogP contribution in [0.4, 0.5) is 0 Å². The van der Waals surface area contributed by atoms with Gasteiger partial charge in [0.1, 0.15) is 5.75 Å². The highest BCUT2D eigenvalue weighted by Gasteiger charge is 2.50. The van der Waals surface area contributed by atoms with Crippen LogP contribution in [0.3, 0.4) is 0 Å². The number of fused-ring (bicyclic) bond motifs is 1. The van der Waals surface area contributed by atoms with Crippen molar-refractivity contribution in [3.63, 3.8) is 0 Å². The summed E-state index contributed by atoms with van der Waals surface area (Å²) in [5, 5.41) is 0. The number of rotatable bonds is 6. The van der Waals surface area contributed by atoms with Gasteiger partial charge in [0.15, 0.2) is 0 Å². The molecule has 2 heterocycles. The third kappa shape index (κ3) is 3.44. The lowest BCUT2D eigenvalue weighted by Gasteiger charge is -2.44. The van der Waals surface area contributed by atoms with Crippen molar-refractivity contribution in [2.24, 2.45) is 5.41 Å². The van der Waals surface area contributed by atoms with E-state index in [1.54, 1.807) is 4.31 Å². The van der Waals surface area contributed by atoms with Crippen molar-refractivity contribution >= 4 is 10.0 Å². The van der Waals surface area contributed by atoms with Crippen LogP contribution in [0.15, 0.2) is 18.2 Å². The van der Waals surface area contributed by atoms with Gasteiger partial charge in [-0.2, -0.15) is 0 Å². The van der Waals surface area contributed by atoms with Gasteiger partial charge in [0.25, 0.3) is 0 Å². The summed E-state index contributed by atoms with van der Waals surface area (Å²) >= 11 is 0. The van der Waals surface area contributed by atoms with E-state index in [0.717, 1.165) is 50.2 Å². The molecule has 0 unspecified atom stereocenters. The van der Waals surface area contributed by atoms with E-state index in [-0.39, 0.29) is 11.2 Å². The Kier molecular flexibility index (Phi) is 4.54. The molecule has 3 aliphatic rings. The Balaban J connectivity index is 1.33. The Morgan fingerprint density at radius 1 is 1.36 bits per heavy atom. The van der Waals surface area contributed by atoms with Crippen LogP contribution in [0.25, 0.3) is 0 Å². The van der Waals surface area contributed by atoms with Gasteiger partial charge >= 0.3 is 0 Å². The molecule has 1 aromatic rings. The van der Waals surface area contributed by atoms with E-state index in [2.05, 4.69) is 6.07 Å². The molecule has 25 heavy (non-hydrogen) atoms. The van der Waals surface area contributed by atoms with Crippen LogP contribution in [0, 0.1) is 5.41 Å². The Morgan fingerprint density at radius 3 is 3.00 bits per heavy atom. The average molecular weight is 365 g/mol.